The topological polar surface area (TPSA) is 56.7 Å². The first-order valence-electron chi connectivity index (χ1n) is 6.84. The third-order valence-electron chi connectivity index (χ3n) is 3.09. The molecule has 2 aromatic carbocycles. The smallest absolute Gasteiger partial charge is 0.418 e. The zero-order valence-electron chi connectivity index (χ0n) is 12.6. The molecule has 8 heteroatoms. The lowest BCUT2D eigenvalue weighted by Crippen LogP contribution is -2.26. The van der Waals surface area contributed by atoms with Crippen molar-refractivity contribution < 1.29 is 18.3 Å². The highest BCUT2D eigenvalue weighted by Crippen LogP contribution is 2.34. The summed E-state index contributed by atoms with van der Waals surface area (Å²) in [5, 5.41) is 15.7. The maximum absolute atomic E-state index is 12.9. The quantitative estimate of drug-likeness (QED) is 0.441. The summed E-state index contributed by atoms with van der Waals surface area (Å²) >= 11 is 4.97. The molecule has 2 aromatic rings. The zero-order chi connectivity index (χ0) is 17.7. The minimum atomic E-state index is -4.48. The first kappa shape index (κ1) is 17.7. The number of benzene rings is 2. The summed E-state index contributed by atoms with van der Waals surface area (Å²) in [7, 11) is 0. The van der Waals surface area contributed by atoms with E-state index in [0.29, 0.717) is 5.71 Å². The zero-order valence-corrected chi connectivity index (χ0v) is 13.4. The summed E-state index contributed by atoms with van der Waals surface area (Å²) in [5.41, 5.74) is 2.83. The average molecular weight is 353 g/mol. The summed E-state index contributed by atoms with van der Waals surface area (Å²) < 4.78 is 38.7. The van der Waals surface area contributed by atoms with Gasteiger partial charge >= 0.3 is 6.18 Å². The van der Waals surface area contributed by atoms with Crippen molar-refractivity contribution in [3.8, 4) is 5.75 Å². The largest absolute Gasteiger partial charge is 0.508 e. The van der Waals surface area contributed by atoms with Crippen LogP contribution in [-0.4, -0.2) is 15.9 Å². The molecule has 3 N–H and O–H groups in total. The Morgan fingerprint density at radius 3 is 2.33 bits per heavy atom. The third kappa shape index (κ3) is 4.69. The van der Waals surface area contributed by atoms with E-state index in [0.717, 1.165) is 11.6 Å². The van der Waals surface area contributed by atoms with Crippen LogP contribution >= 0.6 is 12.2 Å². The summed E-state index contributed by atoms with van der Waals surface area (Å²) in [6, 6.07) is 11.4. The number of hydrogen-bond donors (Lipinski definition) is 3. The monoisotopic (exact) mass is 353 g/mol. The van der Waals surface area contributed by atoms with Gasteiger partial charge in [-0.15, -0.1) is 0 Å². The van der Waals surface area contributed by atoms with Crippen LogP contribution in [0.1, 0.15) is 18.1 Å². The molecule has 0 aliphatic rings. The Kier molecular flexibility index (Phi) is 5.40. The van der Waals surface area contributed by atoms with Crippen molar-refractivity contribution >= 4 is 28.7 Å². The Morgan fingerprint density at radius 2 is 1.71 bits per heavy atom. The van der Waals surface area contributed by atoms with Gasteiger partial charge < -0.3 is 10.4 Å². The number of hydrogen-bond acceptors (Lipinski definition) is 3. The van der Waals surface area contributed by atoms with Gasteiger partial charge in [-0.2, -0.15) is 18.3 Å². The predicted molar refractivity (Wildman–Crippen MR) is 91.1 cm³/mol. The SMILES string of the molecule is CC(=NNC(=S)Nc1ccccc1C(F)(F)F)c1ccc(O)cc1. The molecule has 24 heavy (non-hydrogen) atoms. The fourth-order valence-corrected chi connectivity index (χ4v) is 2.05. The van der Waals surface area contributed by atoms with Crippen LogP contribution in [0, 0.1) is 0 Å². The predicted octanol–water partition coefficient (Wildman–Crippen LogP) is 4.12. The summed E-state index contributed by atoms with van der Waals surface area (Å²) in [5.74, 6) is 0.125. The number of thiocarbonyl (C=S) groups is 1. The molecule has 0 spiro atoms. The van der Waals surface area contributed by atoms with Gasteiger partial charge in [0, 0.05) is 0 Å². The van der Waals surface area contributed by atoms with Crippen molar-refractivity contribution in [3.63, 3.8) is 0 Å². The fourth-order valence-electron chi connectivity index (χ4n) is 1.89. The number of hydrazone groups is 1. The van der Waals surface area contributed by atoms with Crippen molar-refractivity contribution in [2.45, 2.75) is 13.1 Å². The van der Waals surface area contributed by atoms with Gasteiger partial charge in [0.1, 0.15) is 5.75 Å². The molecule has 0 amide bonds. The second-order valence-corrected chi connectivity index (χ2v) is 5.26. The second kappa shape index (κ2) is 7.31. The van der Waals surface area contributed by atoms with Crippen molar-refractivity contribution in [1.82, 2.24) is 5.43 Å². The van der Waals surface area contributed by atoms with Gasteiger partial charge in [0.15, 0.2) is 5.11 Å². The van der Waals surface area contributed by atoms with Gasteiger partial charge in [0.2, 0.25) is 0 Å². The van der Waals surface area contributed by atoms with Crippen molar-refractivity contribution in [2.24, 2.45) is 5.10 Å². The molecule has 0 saturated heterocycles. The molecule has 0 aliphatic carbocycles. The molecular formula is C16H14F3N3OS. The molecule has 0 fully saturated rings. The van der Waals surface area contributed by atoms with E-state index >= 15 is 0 Å². The first-order chi connectivity index (χ1) is 11.3. The lowest BCUT2D eigenvalue weighted by Gasteiger charge is -2.14. The van der Waals surface area contributed by atoms with Crippen molar-refractivity contribution in [2.75, 3.05) is 5.32 Å². The Hall–Kier alpha value is -2.61. The molecule has 0 bridgehead atoms. The number of halogens is 3. The number of phenols is 1. The van der Waals surface area contributed by atoms with E-state index in [1.807, 2.05) is 0 Å². The minimum absolute atomic E-state index is 0.0650. The van der Waals surface area contributed by atoms with Gasteiger partial charge in [-0.1, -0.05) is 12.1 Å². The highest BCUT2D eigenvalue weighted by atomic mass is 32.1. The molecule has 0 radical (unpaired) electrons. The number of para-hydroxylation sites is 1. The Balaban J connectivity index is 2.06. The standard InChI is InChI=1S/C16H14F3N3OS/c1-10(11-6-8-12(23)9-7-11)21-22-15(24)20-14-5-3-2-4-13(14)16(17,18)19/h2-9,23H,1H3,(H2,20,22,24). The van der Waals surface area contributed by atoms with Crippen LogP contribution in [0.15, 0.2) is 53.6 Å². The first-order valence-corrected chi connectivity index (χ1v) is 7.25. The maximum atomic E-state index is 12.9. The van der Waals surface area contributed by atoms with Gasteiger partial charge in [0.25, 0.3) is 0 Å². The van der Waals surface area contributed by atoms with Gasteiger partial charge in [-0.3, -0.25) is 5.43 Å². The minimum Gasteiger partial charge on any atom is -0.508 e. The number of rotatable bonds is 3. The molecule has 2 rings (SSSR count). The van der Waals surface area contributed by atoms with Gasteiger partial charge in [0.05, 0.1) is 17.0 Å². The second-order valence-electron chi connectivity index (χ2n) is 4.85. The number of aromatic hydroxyl groups is 1. The Morgan fingerprint density at radius 1 is 1.08 bits per heavy atom. The summed E-state index contributed by atoms with van der Waals surface area (Å²) in [6.45, 7) is 1.70. The molecule has 126 valence electrons. The lowest BCUT2D eigenvalue weighted by atomic mass is 10.1. The molecular weight excluding hydrogens is 339 g/mol. The van der Waals surface area contributed by atoms with Gasteiger partial charge in [-0.05, 0) is 61.1 Å². The average Bonchev–Trinajstić information content (AvgIpc) is 2.53. The normalized spacial score (nSPS) is 11.9. The number of anilines is 1. The number of nitrogens with one attached hydrogen (secondary N) is 2. The summed E-state index contributed by atoms with van der Waals surface area (Å²) in [6.07, 6.45) is -4.48. The van der Waals surface area contributed by atoms with E-state index in [9.17, 15) is 18.3 Å². The fraction of sp³-hybridized carbons (Fsp3) is 0.125. The van der Waals surface area contributed by atoms with E-state index in [1.54, 1.807) is 19.1 Å². The third-order valence-corrected chi connectivity index (χ3v) is 3.28. The molecule has 0 atom stereocenters. The van der Waals surface area contributed by atoms with E-state index in [1.165, 1.54) is 30.3 Å². The van der Waals surface area contributed by atoms with Crippen LogP contribution in [0.2, 0.25) is 0 Å². The van der Waals surface area contributed by atoms with Crippen LogP contribution in [0.3, 0.4) is 0 Å². The maximum Gasteiger partial charge on any atom is 0.418 e. The van der Waals surface area contributed by atoms with E-state index < -0.39 is 11.7 Å². The molecule has 0 heterocycles. The Labute approximate surface area is 142 Å². The van der Waals surface area contributed by atoms with E-state index in [2.05, 4.69) is 15.8 Å². The highest BCUT2D eigenvalue weighted by Gasteiger charge is 2.33. The van der Waals surface area contributed by atoms with Crippen LogP contribution < -0.4 is 10.7 Å². The van der Waals surface area contributed by atoms with Gasteiger partial charge in [-0.25, -0.2) is 0 Å². The van der Waals surface area contributed by atoms with E-state index in [-0.39, 0.29) is 16.5 Å². The number of nitrogens with zero attached hydrogens (tertiary/aromatic N) is 1. The Bertz CT molecular complexity index is 758. The van der Waals surface area contributed by atoms with E-state index in [4.69, 9.17) is 12.2 Å². The number of alkyl halides is 3. The van der Waals surface area contributed by atoms with Crippen LogP contribution in [0.5, 0.6) is 5.75 Å². The molecule has 0 saturated carbocycles. The molecule has 0 aliphatic heterocycles. The van der Waals surface area contributed by atoms with Crippen molar-refractivity contribution in [3.05, 3.63) is 59.7 Å². The van der Waals surface area contributed by atoms with Crippen LogP contribution in [-0.2, 0) is 6.18 Å². The van der Waals surface area contributed by atoms with Crippen LogP contribution in [0.25, 0.3) is 0 Å². The molecule has 4 nitrogen and oxygen atoms in total. The molecule has 0 aromatic heterocycles. The summed E-state index contributed by atoms with van der Waals surface area (Å²) in [4.78, 5) is 0. The van der Waals surface area contributed by atoms with Crippen molar-refractivity contribution in [1.29, 1.82) is 0 Å². The lowest BCUT2D eigenvalue weighted by molar-refractivity contribution is -0.136. The van der Waals surface area contributed by atoms with Crippen LogP contribution in [0.4, 0.5) is 18.9 Å². The highest BCUT2D eigenvalue weighted by molar-refractivity contribution is 7.80. The number of phenolic OH excluding ortho intramolecular Hbond substituents is 1. The molecule has 0 unspecified atom stereocenters.